The van der Waals surface area contributed by atoms with Gasteiger partial charge in [0.25, 0.3) is 0 Å². The van der Waals surface area contributed by atoms with E-state index in [9.17, 15) is 5.11 Å². The lowest BCUT2D eigenvalue weighted by Gasteiger charge is -2.35. The quantitative estimate of drug-likeness (QED) is 0.332. The normalized spacial score (nSPS) is 14.7. The number of unbranched alkanes of at least 4 members (excludes halogenated alkanes) is 9. The molecule has 4 N–H and O–H groups in total. The molecule has 2 nitrogen and oxygen atoms in total. The van der Waals surface area contributed by atoms with Crippen molar-refractivity contribution in [3.05, 3.63) is 0 Å². The van der Waals surface area contributed by atoms with Crippen molar-refractivity contribution in [2.24, 2.45) is 0 Å². The molecule has 0 rings (SSSR count). The highest BCUT2D eigenvalue weighted by Crippen LogP contribution is 2.32. The number of alkyl halides is 1. The zero-order chi connectivity index (χ0) is 14.8. The van der Waals surface area contributed by atoms with Crippen molar-refractivity contribution >= 4 is 11.6 Å². The summed E-state index contributed by atoms with van der Waals surface area (Å²) in [5.74, 6) is 0. The first kappa shape index (κ1) is 22.5. The van der Waals surface area contributed by atoms with E-state index < -0.39 is 10.5 Å². The van der Waals surface area contributed by atoms with Crippen LogP contribution < -0.4 is 6.15 Å². The fraction of sp³-hybridized carbons (Fsp3) is 1.00. The second-order valence-corrected chi connectivity index (χ2v) is 7.62. The Morgan fingerprint density at radius 1 is 0.750 bits per heavy atom. The average Bonchev–Trinajstić information content (AvgIpc) is 2.30. The van der Waals surface area contributed by atoms with E-state index >= 15 is 0 Å². The van der Waals surface area contributed by atoms with Gasteiger partial charge in [-0.2, -0.15) is 0 Å². The van der Waals surface area contributed by atoms with E-state index in [0.29, 0.717) is 0 Å². The van der Waals surface area contributed by atoms with Crippen molar-refractivity contribution in [3.63, 3.8) is 0 Å². The van der Waals surface area contributed by atoms with Gasteiger partial charge in [0, 0.05) is 0 Å². The van der Waals surface area contributed by atoms with Gasteiger partial charge >= 0.3 is 0 Å². The summed E-state index contributed by atoms with van der Waals surface area (Å²) >= 11 is 6.20. The summed E-state index contributed by atoms with van der Waals surface area (Å²) in [7, 11) is 0. The molecule has 124 valence electrons. The molecule has 1 unspecified atom stereocenters. The minimum absolute atomic E-state index is 0. The summed E-state index contributed by atoms with van der Waals surface area (Å²) in [5.41, 5.74) is -0.755. The fourth-order valence-corrected chi connectivity index (χ4v) is 2.35. The molecule has 0 aliphatic rings. The largest absolute Gasteiger partial charge is 0.388 e. The number of halogens is 1. The van der Waals surface area contributed by atoms with E-state index in [-0.39, 0.29) is 6.15 Å². The van der Waals surface area contributed by atoms with Crippen molar-refractivity contribution in [3.8, 4) is 0 Å². The molecule has 0 aliphatic carbocycles. The van der Waals surface area contributed by atoms with Gasteiger partial charge in [0.15, 0.2) is 0 Å². The Labute approximate surface area is 132 Å². The first-order chi connectivity index (χ1) is 8.81. The maximum Gasteiger partial charge on any atom is 0.0805 e. The lowest BCUT2D eigenvalue weighted by Crippen LogP contribution is -2.43. The van der Waals surface area contributed by atoms with E-state index in [1.54, 1.807) is 0 Å². The van der Waals surface area contributed by atoms with Gasteiger partial charge in [-0.05, 0) is 27.2 Å². The van der Waals surface area contributed by atoms with Crippen molar-refractivity contribution in [2.75, 3.05) is 0 Å². The molecule has 0 amide bonds. The molecule has 0 radical (unpaired) electrons. The molecule has 1 atom stereocenters. The molecule has 0 aromatic rings. The molecule has 0 aromatic heterocycles. The molecule has 0 saturated heterocycles. The van der Waals surface area contributed by atoms with E-state index in [1.807, 2.05) is 20.8 Å². The lowest BCUT2D eigenvalue weighted by molar-refractivity contribution is 0.0159. The van der Waals surface area contributed by atoms with Gasteiger partial charge in [0.2, 0.25) is 0 Å². The Morgan fingerprint density at radius 2 is 1.10 bits per heavy atom. The minimum atomic E-state index is -0.755. The molecule has 3 heteroatoms. The summed E-state index contributed by atoms with van der Waals surface area (Å²) in [6, 6.07) is 0. The van der Waals surface area contributed by atoms with Gasteiger partial charge in [0.1, 0.15) is 0 Å². The Kier molecular flexibility index (Phi) is 13.3. The second kappa shape index (κ2) is 11.8. The summed E-state index contributed by atoms with van der Waals surface area (Å²) < 4.78 is 0. The smallest absolute Gasteiger partial charge is 0.0805 e. The van der Waals surface area contributed by atoms with Gasteiger partial charge in [-0.3, -0.25) is 0 Å². The zero-order valence-electron chi connectivity index (χ0n) is 14.3. The number of hydrogen-bond donors (Lipinski definition) is 2. The van der Waals surface area contributed by atoms with Crippen LogP contribution in [0.3, 0.4) is 0 Å². The van der Waals surface area contributed by atoms with Crippen LogP contribution >= 0.6 is 11.6 Å². The predicted octanol–water partition coefficient (Wildman–Crippen LogP) is 6.23. The van der Waals surface area contributed by atoms with E-state index in [4.69, 9.17) is 11.6 Å². The molecule has 0 fully saturated rings. The number of aliphatic hydroxyl groups is 1. The standard InChI is InChI=1S/C17H35ClO.H3N/c1-5-6-7-8-9-10-11-12-13-14-15-17(4,19)16(2,3)18;/h19H,5-15H2,1-4H3;1H3. The van der Waals surface area contributed by atoms with Gasteiger partial charge < -0.3 is 11.3 Å². The summed E-state index contributed by atoms with van der Waals surface area (Å²) in [5, 5.41) is 10.2. The monoisotopic (exact) mass is 307 g/mol. The van der Waals surface area contributed by atoms with Crippen LogP contribution in [0.4, 0.5) is 0 Å². The highest BCUT2D eigenvalue weighted by Gasteiger charge is 2.36. The van der Waals surface area contributed by atoms with Gasteiger partial charge in [-0.15, -0.1) is 11.6 Å². The average molecular weight is 308 g/mol. The van der Waals surface area contributed by atoms with Crippen molar-refractivity contribution in [1.29, 1.82) is 0 Å². The molecule has 0 bridgehead atoms. The van der Waals surface area contributed by atoms with Crippen molar-refractivity contribution < 1.29 is 5.11 Å². The van der Waals surface area contributed by atoms with Crippen LogP contribution in [-0.4, -0.2) is 15.6 Å². The molecular weight excluding hydrogens is 270 g/mol. The van der Waals surface area contributed by atoms with Gasteiger partial charge in [0.05, 0.1) is 10.5 Å². The molecule has 20 heavy (non-hydrogen) atoms. The number of hydrogen-bond acceptors (Lipinski definition) is 2. The third-order valence-corrected chi connectivity index (χ3v) is 4.70. The first-order valence-electron chi connectivity index (χ1n) is 8.22. The molecule has 0 aliphatic heterocycles. The minimum Gasteiger partial charge on any atom is -0.388 e. The van der Waals surface area contributed by atoms with Gasteiger partial charge in [-0.25, -0.2) is 0 Å². The molecule has 0 saturated carbocycles. The molecule has 0 spiro atoms. The Balaban J connectivity index is 0. The van der Waals surface area contributed by atoms with Crippen molar-refractivity contribution in [2.45, 2.75) is 109 Å². The first-order valence-corrected chi connectivity index (χ1v) is 8.60. The van der Waals surface area contributed by atoms with Crippen LogP contribution in [0.15, 0.2) is 0 Å². The second-order valence-electron chi connectivity index (χ2n) is 6.68. The predicted molar refractivity (Wildman–Crippen MR) is 92.0 cm³/mol. The van der Waals surface area contributed by atoms with Crippen LogP contribution in [0.5, 0.6) is 0 Å². The maximum atomic E-state index is 10.2. The molecular formula is C17H38ClNO. The summed E-state index contributed by atoms with van der Waals surface area (Å²) in [6.45, 7) is 7.90. The van der Waals surface area contributed by atoms with E-state index in [1.165, 1.54) is 57.8 Å². The van der Waals surface area contributed by atoms with Gasteiger partial charge in [-0.1, -0.05) is 71.1 Å². The topological polar surface area (TPSA) is 55.2 Å². The highest BCUT2D eigenvalue weighted by molar-refractivity contribution is 6.24. The SMILES string of the molecule is CCCCCCCCCCCCC(C)(O)C(C)(C)Cl.N. The highest BCUT2D eigenvalue weighted by atomic mass is 35.5. The van der Waals surface area contributed by atoms with Crippen LogP contribution in [-0.2, 0) is 0 Å². The Morgan fingerprint density at radius 3 is 1.45 bits per heavy atom. The van der Waals surface area contributed by atoms with Crippen LogP contribution in [0.1, 0.15) is 98.3 Å². The Hall–Kier alpha value is 0.210. The van der Waals surface area contributed by atoms with Crippen LogP contribution in [0.2, 0.25) is 0 Å². The number of rotatable bonds is 12. The zero-order valence-corrected chi connectivity index (χ0v) is 15.1. The summed E-state index contributed by atoms with van der Waals surface area (Å²) in [6.07, 6.45) is 14.1. The Bertz CT molecular complexity index is 212. The third-order valence-electron chi connectivity index (χ3n) is 4.30. The van der Waals surface area contributed by atoms with Crippen molar-refractivity contribution in [1.82, 2.24) is 6.15 Å². The third kappa shape index (κ3) is 10.9. The molecule has 0 heterocycles. The maximum absolute atomic E-state index is 10.2. The summed E-state index contributed by atoms with van der Waals surface area (Å²) in [4.78, 5) is -0.535. The fourth-order valence-electron chi connectivity index (χ4n) is 2.25. The van der Waals surface area contributed by atoms with E-state index in [0.717, 1.165) is 12.8 Å². The van der Waals surface area contributed by atoms with E-state index in [2.05, 4.69) is 6.92 Å². The van der Waals surface area contributed by atoms with Crippen LogP contribution in [0, 0.1) is 0 Å². The van der Waals surface area contributed by atoms with Crippen LogP contribution in [0.25, 0.3) is 0 Å². The lowest BCUT2D eigenvalue weighted by atomic mass is 9.86. The molecule has 0 aromatic carbocycles.